The van der Waals surface area contributed by atoms with Gasteiger partial charge in [0.2, 0.25) is 0 Å². The van der Waals surface area contributed by atoms with E-state index in [0.717, 1.165) is 17.9 Å². The summed E-state index contributed by atoms with van der Waals surface area (Å²) < 4.78 is 0. The van der Waals surface area contributed by atoms with Crippen molar-refractivity contribution < 1.29 is 0 Å². The van der Waals surface area contributed by atoms with Crippen LogP contribution in [0.1, 0.15) is 44.9 Å². The molecule has 0 spiro atoms. The van der Waals surface area contributed by atoms with Gasteiger partial charge >= 0.3 is 0 Å². The normalized spacial score (nSPS) is 42.2. The molecule has 12 heavy (non-hydrogen) atoms. The van der Waals surface area contributed by atoms with Crippen LogP contribution in [0, 0.1) is 11.8 Å². The van der Waals surface area contributed by atoms with Crippen molar-refractivity contribution in [2.24, 2.45) is 11.8 Å². The first kappa shape index (κ1) is 8.55. The zero-order valence-corrected chi connectivity index (χ0v) is 8.18. The van der Waals surface area contributed by atoms with Gasteiger partial charge in [-0.25, -0.2) is 0 Å². The molecule has 1 nitrogen and oxygen atoms in total. The van der Waals surface area contributed by atoms with Gasteiger partial charge in [-0.3, -0.25) is 0 Å². The summed E-state index contributed by atoms with van der Waals surface area (Å²) in [5, 5.41) is 3.44. The monoisotopic (exact) mass is 167 g/mol. The van der Waals surface area contributed by atoms with Gasteiger partial charge in [0.25, 0.3) is 0 Å². The molecular formula is C11H21N. The second-order valence-electron chi connectivity index (χ2n) is 4.60. The maximum absolute atomic E-state index is 3.44. The second kappa shape index (κ2) is 3.78. The smallest absolute Gasteiger partial charge is 0.00669 e. The molecule has 0 amide bonds. The summed E-state index contributed by atoms with van der Waals surface area (Å²) in [4.78, 5) is 0. The first-order valence-corrected chi connectivity index (χ1v) is 5.57. The van der Waals surface area contributed by atoms with E-state index < -0.39 is 0 Å². The van der Waals surface area contributed by atoms with Crippen molar-refractivity contribution in [3.63, 3.8) is 0 Å². The van der Waals surface area contributed by atoms with Crippen LogP contribution in [0.5, 0.6) is 0 Å². The number of hydrogen-bond acceptors (Lipinski definition) is 1. The summed E-state index contributed by atoms with van der Waals surface area (Å²) in [7, 11) is 2.12. The summed E-state index contributed by atoms with van der Waals surface area (Å²) in [6, 6.07) is 0.837. The molecule has 2 saturated carbocycles. The summed E-state index contributed by atoms with van der Waals surface area (Å²) in [6.07, 6.45) is 10.4. The van der Waals surface area contributed by atoms with Gasteiger partial charge in [-0.1, -0.05) is 25.7 Å². The molecule has 1 heteroatoms. The Hall–Kier alpha value is -0.0400. The number of rotatable bonds is 1. The third-order valence-corrected chi connectivity index (χ3v) is 3.95. The standard InChI is InChI=1S/C11H21N/c1-12-11-7-6-9-4-2-3-5-10(9)8-11/h9-12H,2-8H2,1H3/t9-,10?,11?/m0/s1. The van der Waals surface area contributed by atoms with Gasteiger partial charge in [0.05, 0.1) is 0 Å². The maximum atomic E-state index is 3.44. The molecule has 0 aromatic rings. The van der Waals surface area contributed by atoms with E-state index in [2.05, 4.69) is 12.4 Å². The highest BCUT2D eigenvalue weighted by atomic mass is 14.9. The Morgan fingerprint density at radius 3 is 2.42 bits per heavy atom. The third-order valence-electron chi connectivity index (χ3n) is 3.95. The van der Waals surface area contributed by atoms with Gasteiger partial charge in [-0.15, -0.1) is 0 Å². The third kappa shape index (κ3) is 1.66. The van der Waals surface area contributed by atoms with E-state index in [9.17, 15) is 0 Å². The van der Waals surface area contributed by atoms with Crippen LogP contribution in [0.4, 0.5) is 0 Å². The molecule has 0 aromatic heterocycles. The number of fused-ring (bicyclic) bond motifs is 1. The van der Waals surface area contributed by atoms with E-state index in [1.165, 1.54) is 44.9 Å². The average Bonchev–Trinajstić information content (AvgIpc) is 2.17. The van der Waals surface area contributed by atoms with E-state index in [1.54, 1.807) is 0 Å². The van der Waals surface area contributed by atoms with E-state index in [4.69, 9.17) is 0 Å². The predicted molar refractivity (Wildman–Crippen MR) is 52.1 cm³/mol. The van der Waals surface area contributed by atoms with Gasteiger partial charge in [-0.2, -0.15) is 0 Å². The minimum Gasteiger partial charge on any atom is -0.317 e. The van der Waals surface area contributed by atoms with Gasteiger partial charge in [-0.05, 0) is 38.1 Å². The predicted octanol–water partition coefficient (Wildman–Crippen LogP) is 2.56. The van der Waals surface area contributed by atoms with Crippen molar-refractivity contribution >= 4 is 0 Å². The van der Waals surface area contributed by atoms with Crippen molar-refractivity contribution in [2.75, 3.05) is 7.05 Å². The Kier molecular flexibility index (Phi) is 2.69. The number of nitrogens with one attached hydrogen (secondary N) is 1. The highest BCUT2D eigenvalue weighted by molar-refractivity contribution is 4.85. The first-order valence-electron chi connectivity index (χ1n) is 5.57. The van der Waals surface area contributed by atoms with Gasteiger partial charge in [0, 0.05) is 6.04 Å². The molecular weight excluding hydrogens is 146 g/mol. The lowest BCUT2D eigenvalue weighted by Crippen LogP contribution is -2.36. The maximum Gasteiger partial charge on any atom is 0.00669 e. The molecule has 2 rings (SSSR count). The highest BCUT2D eigenvalue weighted by Gasteiger charge is 2.31. The van der Waals surface area contributed by atoms with Crippen LogP contribution in [0.25, 0.3) is 0 Å². The Labute approximate surface area is 75.9 Å². The fourth-order valence-electron chi connectivity index (χ4n) is 3.14. The van der Waals surface area contributed by atoms with E-state index in [1.807, 2.05) is 0 Å². The van der Waals surface area contributed by atoms with Crippen LogP contribution in [-0.4, -0.2) is 13.1 Å². The average molecular weight is 167 g/mol. The molecule has 0 aromatic carbocycles. The van der Waals surface area contributed by atoms with Crippen molar-refractivity contribution in [1.82, 2.24) is 5.32 Å². The van der Waals surface area contributed by atoms with Crippen LogP contribution in [0.3, 0.4) is 0 Å². The van der Waals surface area contributed by atoms with Gasteiger partial charge in [0.1, 0.15) is 0 Å². The summed E-state index contributed by atoms with van der Waals surface area (Å²) in [5.74, 6) is 2.17. The van der Waals surface area contributed by atoms with Crippen molar-refractivity contribution in [3.8, 4) is 0 Å². The minimum absolute atomic E-state index is 0.837. The molecule has 0 heterocycles. The Morgan fingerprint density at radius 1 is 0.917 bits per heavy atom. The van der Waals surface area contributed by atoms with Crippen molar-refractivity contribution in [3.05, 3.63) is 0 Å². The Bertz CT molecular complexity index is 144. The summed E-state index contributed by atoms with van der Waals surface area (Å²) >= 11 is 0. The molecule has 0 bridgehead atoms. The van der Waals surface area contributed by atoms with Crippen LogP contribution < -0.4 is 5.32 Å². The second-order valence-corrected chi connectivity index (χ2v) is 4.60. The molecule has 0 aliphatic heterocycles. The number of hydrogen-bond donors (Lipinski definition) is 1. The SMILES string of the molecule is CNC1CC[C@@H]2CCCCC2C1. The largest absolute Gasteiger partial charge is 0.317 e. The Morgan fingerprint density at radius 2 is 1.67 bits per heavy atom. The minimum atomic E-state index is 0.837. The quantitative estimate of drug-likeness (QED) is 0.633. The Balaban J connectivity index is 1.90. The summed E-state index contributed by atoms with van der Waals surface area (Å²) in [6.45, 7) is 0. The lowest BCUT2D eigenvalue weighted by atomic mass is 9.69. The molecule has 2 aliphatic rings. The molecule has 2 fully saturated rings. The van der Waals surface area contributed by atoms with Gasteiger partial charge < -0.3 is 5.32 Å². The zero-order valence-electron chi connectivity index (χ0n) is 8.18. The molecule has 0 radical (unpaired) electrons. The van der Waals surface area contributed by atoms with E-state index in [-0.39, 0.29) is 0 Å². The van der Waals surface area contributed by atoms with Crippen LogP contribution in [-0.2, 0) is 0 Å². The van der Waals surface area contributed by atoms with Crippen LogP contribution >= 0.6 is 0 Å². The topological polar surface area (TPSA) is 12.0 Å². The molecule has 2 aliphatic carbocycles. The van der Waals surface area contributed by atoms with Crippen LogP contribution in [0.15, 0.2) is 0 Å². The fraction of sp³-hybridized carbons (Fsp3) is 1.00. The fourth-order valence-corrected chi connectivity index (χ4v) is 3.14. The van der Waals surface area contributed by atoms with Crippen molar-refractivity contribution in [1.29, 1.82) is 0 Å². The molecule has 2 unspecified atom stereocenters. The highest BCUT2D eigenvalue weighted by Crippen LogP contribution is 2.40. The molecule has 70 valence electrons. The van der Waals surface area contributed by atoms with Gasteiger partial charge in [0.15, 0.2) is 0 Å². The lowest BCUT2D eigenvalue weighted by Gasteiger charge is -2.39. The molecule has 3 atom stereocenters. The van der Waals surface area contributed by atoms with E-state index >= 15 is 0 Å². The molecule has 0 saturated heterocycles. The molecule has 1 N–H and O–H groups in total. The first-order chi connectivity index (χ1) is 5.90. The summed E-state index contributed by atoms with van der Waals surface area (Å²) in [5.41, 5.74) is 0. The van der Waals surface area contributed by atoms with E-state index in [0.29, 0.717) is 0 Å². The van der Waals surface area contributed by atoms with Crippen LogP contribution in [0.2, 0.25) is 0 Å². The zero-order chi connectivity index (χ0) is 8.39. The lowest BCUT2D eigenvalue weighted by molar-refractivity contribution is 0.147. The van der Waals surface area contributed by atoms with Crippen molar-refractivity contribution in [2.45, 2.75) is 51.0 Å².